The minimum absolute atomic E-state index is 0.594. The summed E-state index contributed by atoms with van der Waals surface area (Å²) in [7, 11) is 0. The Labute approximate surface area is 140 Å². The zero-order valence-corrected chi connectivity index (χ0v) is 13.5. The predicted octanol–water partition coefficient (Wildman–Crippen LogP) is 4.79. The van der Waals surface area contributed by atoms with Crippen LogP contribution in [0.1, 0.15) is 12.5 Å². The molecule has 1 aromatic heterocycles. The highest BCUT2D eigenvalue weighted by atomic mass is 32.2. The molecule has 0 saturated heterocycles. The van der Waals surface area contributed by atoms with Crippen LogP contribution in [-0.2, 0) is 0 Å². The number of nitrogens with zero attached hydrogens (tertiary/aromatic N) is 3. The fourth-order valence-corrected chi connectivity index (χ4v) is 3.11. The van der Waals surface area contributed by atoms with Crippen molar-refractivity contribution in [3.8, 4) is 28.5 Å². The van der Waals surface area contributed by atoms with Crippen molar-refractivity contribution >= 4 is 11.8 Å². The van der Waals surface area contributed by atoms with E-state index in [-0.39, 0.29) is 0 Å². The van der Waals surface area contributed by atoms with Gasteiger partial charge in [0.05, 0.1) is 5.56 Å². The van der Waals surface area contributed by atoms with Crippen LogP contribution in [0, 0.1) is 11.3 Å². The first kappa shape index (κ1) is 15.3. The summed E-state index contributed by atoms with van der Waals surface area (Å²) in [5.74, 6) is 0.849. The third-order valence-electron chi connectivity index (χ3n) is 3.44. The molecular weight excluding hydrogens is 302 g/mol. The Bertz CT molecular complexity index is 840. The second kappa shape index (κ2) is 7.08. The second-order valence-electron chi connectivity index (χ2n) is 4.88. The topological polar surface area (TPSA) is 49.6 Å². The molecule has 0 saturated carbocycles. The summed E-state index contributed by atoms with van der Waals surface area (Å²) in [6.45, 7) is 2.04. The van der Waals surface area contributed by atoms with Crippen molar-refractivity contribution in [3.63, 3.8) is 0 Å². The quantitative estimate of drug-likeness (QED) is 0.649. The van der Waals surface area contributed by atoms with Crippen LogP contribution in [0.2, 0.25) is 0 Å². The molecule has 0 spiro atoms. The number of nitriles is 1. The van der Waals surface area contributed by atoms with E-state index < -0.39 is 0 Å². The van der Waals surface area contributed by atoms with E-state index in [1.165, 1.54) is 0 Å². The van der Waals surface area contributed by atoms with Gasteiger partial charge in [-0.05, 0) is 11.3 Å². The average Bonchev–Trinajstić information content (AvgIpc) is 2.63. The van der Waals surface area contributed by atoms with Gasteiger partial charge in [0.15, 0.2) is 0 Å². The van der Waals surface area contributed by atoms with Gasteiger partial charge in [0, 0.05) is 11.1 Å². The van der Waals surface area contributed by atoms with Crippen molar-refractivity contribution in [2.24, 2.45) is 0 Å². The van der Waals surface area contributed by atoms with Crippen LogP contribution in [0.3, 0.4) is 0 Å². The summed E-state index contributed by atoms with van der Waals surface area (Å²) < 4.78 is 0. The van der Waals surface area contributed by atoms with Gasteiger partial charge in [-0.2, -0.15) is 5.26 Å². The molecular formula is C19H15N3S. The van der Waals surface area contributed by atoms with Crippen LogP contribution < -0.4 is 0 Å². The molecule has 3 aromatic rings. The molecule has 2 aromatic carbocycles. The minimum atomic E-state index is 0.594. The van der Waals surface area contributed by atoms with E-state index in [9.17, 15) is 5.26 Å². The number of thioether (sulfide) groups is 1. The summed E-state index contributed by atoms with van der Waals surface area (Å²) in [6.07, 6.45) is 0. The monoisotopic (exact) mass is 317 g/mol. The molecule has 0 bridgehead atoms. The molecule has 0 radical (unpaired) electrons. The molecule has 1 heterocycles. The zero-order chi connectivity index (χ0) is 16.1. The lowest BCUT2D eigenvalue weighted by Gasteiger charge is -2.12. The van der Waals surface area contributed by atoms with Gasteiger partial charge in [-0.15, -0.1) is 22.0 Å². The lowest BCUT2D eigenvalue weighted by molar-refractivity contribution is 0.929. The van der Waals surface area contributed by atoms with Crippen LogP contribution in [0.15, 0.2) is 65.7 Å². The number of hydrogen-bond donors (Lipinski definition) is 0. The Balaban J connectivity index is 2.31. The van der Waals surface area contributed by atoms with E-state index in [0.717, 1.165) is 28.1 Å². The Morgan fingerprint density at radius 3 is 2.09 bits per heavy atom. The smallest absolute Gasteiger partial charge is 0.137 e. The first-order valence-corrected chi connectivity index (χ1v) is 8.38. The molecule has 0 aliphatic rings. The highest BCUT2D eigenvalue weighted by Gasteiger charge is 2.19. The molecule has 0 fully saturated rings. The number of aromatic nitrogens is 2. The number of benzene rings is 2. The Hall–Kier alpha value is -2.64. The highest BCUT2D eigenvalue weighted by Crippen LogP contribution is 2.36. The molecule has 0 aliphatic carbocycles. The first-order chi connectivity index (χ1) is 11.3. The van der Waals surface area contributed by atoms with Gasteiger partial charge in [-0.25, -0.2) is 0 Å². The van der Waals surface area contributed by atoms with Crippen LogP contribution in [0.5, 0.6) is 0 Å². The molecule has 3 rings (SSSR count). The molecule has 0 N–H and O–H groups in total. The lowest BCUT2D eigenvalue weighted by Crippen LogP contribution is -2.00. The maximum Gasteiger partial charge on any atom is 0.137 e. The summed E-state index contributed by atoms with van der Waals surface area (Å²) in [5.41, 5.74) is 4.13. The van der Waals surface area contributed by atoms with Crippen LogP contribution in [0.25, 0.3) is 22.4 Å². The predicted molar refractivity (Wildman–Crippen MR) is 94.0 cm³/mol. The van der Waals surface area contributed by atoms with Crippen molar-refractivity contribution in [2.45, 2.75) is 11.9 Å². The summed E-state index contributed by atoms with van der Waals surface area (Å²) in [4.78, 5) is 0. The molecule has 0 atom stereocenters. The van der Waals surface area contributed by atoms with Crippen molar-refractivity contribution in [2.75, 3.05) is 5.75 Å². The largest absolute Gasteiger partial charge is 0.192 e. The Kier molecular flexibility index (Phi) is 4.70. The summed E-state index contributed by atoms with van der Waals surface area (Å²) in [6, 6.07) is 22.1. The third kappa shape index (κ3) is 3.10. The standard InChI is InChI=1S/C19H15N3S/c1-2-23-19-16(13-20)17(14-9-5-3-6-10-14)18(21-22-19)15-11-7-4-8-12-15/h3-12H,2H2,1H3. The molecule has 0 amide bonds. The molecule has 23 heavy (non-hydrogen) atoms. The van der Waals surface area contributed by atoms with Gasteiger partial charge in [-0.1, -0.05) is 67.6 Å². The van der Waals surface area contributed by atoms with E-state index >= 15 is 0 Å². The summed E-state index contributed by atoms with van der Waals surface area (Å²) in [5, 5.41) is 19.1. The highest BCUT2D eigenvalue weighted by molar-refractivity contribution is 7.99. The lowest BCUT2D eigenvalue weighted by atomic mass is 9.96. The number of rotatable bonds is 4. The van der Waals surface area contributed by atoms with Crippen molar-refractivity contribution in [1.82, 2.24) is 10.2 Å². The van der Waals surface area contributed by atoms with E-state index in [2.05, 4.69) is 16.3 Å². The first-order valence-electron chi connectivity index (χ1n) is 7.39. The van der Waals surface area contributed by atoms with Crippen molar-refractivity contribution in [1.29, 1.82) is 5.26 Å². The molecule has 0 aliphatic heterocycles. The van der Waals surface area contributed by atoms with Gasteiger partial charge in [0.25, 0.3) is 0 Å². The van der Waals surface area contributed by atoms with Crippen molar-refractivity contribution in [3.05, 3.63) is 66.2 Å². The third-order valence-corrected chi connectivity index (χ3v) is 4.29. The van der Waals surface area contributed by atoms with Crippen LogP contribution in [0.4, 0.5) is 0 Å². The van der Waals surface area contributed by atoms with Gasteiger partial charge in [-0.3, -0.25) is 0 Å². The number of hydrogen-bond acceptors (Lipinski definition) is 4. The maximum absolute atomic E-state index is 9.73. The minimum Gasteiger partial charge on any atom is -0.192 e. The van der Waals surface area contributed by atoms with E-state index in [4.69, 9.17) is 0 Å². The fraction of sp³-hybridized carbons (Fsp3) is 0.105. The Morgan fingerprint density at radius 2 is 1.52 bits per heavy atom. The van der Waals surface area contributed by atoms with Gasteiger partial charge >= 0.3 is 0 Å². The Morgan fingerprint density at radius 1 is 0.913 bits per heavy atom. The molecule has 4 heteroatoms. The van der Waals surface area contributed by atoms with E-state index in [1.807, 2.05) is 67.6 Å². The second-order valence-corrected chi connectivity index (χ2v) is 6.13. The normalized spacial score (nSPS) is 10.3. The van der Waals surface area contributed by atoms with Gasteiger partial charge in [0.2, 0.25) is 0 Å². The zero-order valence-electron chi connectivity index (χ0n) is 12.7. The molecule has 112 valence electrons. The molecule has 0 unspecified atom stereocenters. The molecule has 3 nitrogen and oxygen atoms in total. The fourth-order valence-electron chi connectivity index (χ4n) is 2.45. The SMILES string of the molecule is CCSc1nnc(-c2ccccc2)c(-c2ccccc2)c1C#N. The van der Waals surface area contributed by atoms with Gasteiger partial charge in [0.1, 0.15) is 16.8 Å². The maximum atomic E-state index is 9.73. The van der Waals surface area contributed by atoms with Crippen molar-refractivity contribution < 1.29 is 0 Å². The van der Waals surface area contributed by atoms with Crippen LogP contribution >= 0.6 is 11.8 Å². The average molecular weight is 317 g/mol. The van der Waals surface area contributed by atoms with E-state index in [1.54, 1.807) is 11.8 Å². The van der Waals surface area contributed by atoms with Gasteiger partial charge < -0.3 is 0 Å². The van der Waals surface area contributed by atoms with E-state index in [0.29, 0.717) is 10.6 Å². The summed E-state index contributed by atoms with van der Waals surface area (Å²) >= 11 is 1.54. The van der Waals surface area contributed by atoms with Crippen LogP contribution in [-0.4, -0.2) is 16.0 Å².